The van der Waals surface area contributed by atoms with Crippen LogP contribution in [0.4, 0.5) is 0 Å². The van der Waals surface area contributed by atoms with E-state index in [2.05, 4.69) is 34.2 Å². The summed E-state index contributed by atoms with van der Waals surface area (Å²) in [6.07, 6.45) is 3.95. The van der Waals surface area contributed by atoms with Crippen LogP contribution in [-0.2, 0) is 4.29 Å². The van der Waals surface area contributed by atoms with Gasteiger partial charge < -0.3 is 9.97 Å². The van der Waals surface area contributed by atoms with Crippen molar-refractivity contribution in [2.24, 2.45) is 0 Å². The van der Waals surface area contributed by atoms with Crippen molar-refractivity contribution < 1.29 is 28.5 Å². The maximum absolute atomic E-state index is 12.5. The van der Waals surface area contributed by atoms with Crippen LogP contribution in [0, 0.1) is 10.2 Å². The van der Waals surface area contributed by atoms with Crippen molar-refractivity contribution >= 4 is 45.6 Å². The van der Waals surface area contributed by atoms with E-state index >= 15 is 0 Å². The van der Waals surface area contributed by atoms with Gasteiger partial charge in [0.2, 0.25) is 0 Å². The van der Waals surface area contributed by atoms with E-state index in [0.29, 0.717) is 27.9 Å². The van der Waals surface area contributed by atoms with Gasteiger partial charge in [0.1, 0.15) is 15.9 Å². The fraction of sp³-hybridized carbons (Fsp3) is 0. The normalized spacial score (nSPS) is 12.7. The summed E-state index contributed by atoms with van der Waals surface area (Å²) in [4.78, 5) is 17.3. The summed E-state index contributed by atoms with van der Waals surface area (Å²) < 4.78 is 42.7. The zero-order chi connectivity index (χ0) is 35.9. The van der Waals surface area contributed by atoms with Crippen molar-refractivity contribution in [2.45, 2.75) is 0 Å². The van der Waals surface area contributed by atoms with Crippen molar-refractivity contribution in [2.75, 3.05) is 0 Å². The number of hydrogen-bond acceptors (Lipinski definition) is 6. The first-order valence-electron chi connectivity index (χ1n) is 16.9. The van der Waals surface area contributed by atoms with Crippen LogP contribution < -0.4 is 14.0 Å². The molecule has 0 saturated carbocycles. The average molecular weight is 713 g/mol. The molecule has 4 aromatic carbocycles. The van der Waals surface area contributed by atoms with Crippen LogP contribution >= 0.6 is 0 Å². The highest BCUT2D eigenvalue weighted by Crippen LogP contribution is 2.47. The minimum Gasteiger partial charge on any atom is -0.355 e. The van der Waals surface area contributed by atoms with Crippen molar-refractivity contribution in [1.29, 1.82) is 0 Å². The summed E-state index contributed by atoms with van der Waals surface area (Å²) in [6, 6.07) is 48.7. The van der Waals surface area contributed by atoms with Gasteiger partial charge in [-0.2, -0.15) is 14.0 Å². The summed E-state index contributed by atoms with van der Waals surface area (Å²) >= 11 is 0. The van der Waals surface area contributed by atoms with E-state index in [9.17, 15) is 14.0 Å². The van der Waals surface area contributed by atoms with Gasteiger partial charge in [0.05, 0.1) is 28.2 Å². The molecular weight excluding hydrogens is 684 g/mol. The number of aromatic amines is 2. The molecule has 0 spiro atoms. The number of nitrogens with zero attached hydrogens (tertiary/aromatic N) is 2. The van der Waals surface area contributed by atoms with E-state index < -0.39 is 10.2 Å². The molecule has 0 fully saturated rings. The molecule has 8 nitrogen and oxygen atoms in total. The van der Waals surface area contributed by atoms with Crippen LogP contribution in [0.1, 0.15) is 28.3 Å². The van der Waals surface area contributed by atoms with E-state index in [1.807, 2.05) is 133 Å². The summed E-state index contributed by atoms with van der Waals surface area (Å²) in [5.41, 5.74) is 11.3. The smallest absolute Gasteiger partial charge is 0.323 e. The van der Waals surface area contributed by atoms with Gasteiger partial charge in [0.15, 0.2) is 0 Å². The Morgan fingerprint density at radius 3 is 1.58 bits per heavy atom. The standard InChI is InChI=1S/C44H29ClN4O4/c50-45(51,52)53-44-37-27-35-24-22-33(47-35)25-32-21-23-34(46-32)26-36-38(28-13-5-1-6-14-28)39(29-15-7-2-8-16-29)42(48-36)40(30-17-9-3-10-18-30)43(49-37)41(44)31-19-11-4-12-20-31/h1-27,47-48H. The summed E-state index contributed by atoms with van der Waals surface area (Å²) in [6.45, 7) is 0. The Morgan fingerprint density at radius 2 is 1.00 bits per heavy atom. The number of rotatable bonds is 6. The molecule has 2 aliphatic rings. The minimum atomic E-state index is -4.90. The number of aromatic nitrogens is 4. The molecule has 0 amide bonds. The first-order valence-corrected chi connectivity index (χ1v) is 18.1. The third-order valence-corrected chi connectivity index (χ3v) is 9.51. The predicted molar refractivity (Wildman–Crippen MR) is 200 cm³/mol. The Kier molecular flexibility index (Phi) is 8.07. The quantitative estimate of drug-likeness (QED) is 0.186. The molecule has 256 valence electrons. The molecule has 0 radical (unpaired) electrons. The van der Waals surface area contributed by atoms with Gasteiger partial charge in [-0.3, -0.25) is 0 Å². The van der Waals surface area contributed by atoms with E-state index in [-0.39, 0.29) is 11.5 Å². The second-order valence-corrected chi connectivity index (χ2v) is 13.5. The zero-order valence-corrected chi connectivity index (χ0v) is 28.7. The van der Waals surface area contributed by atoms with Gasteiger partial charge in [-0.15, -0.1) is 0 Å². The van der Waals surface area contributed by atoms with Crippen molar-refractivity contribution in [3.8, 4) is 33.4 Å². The number of hydrogen-bond donors (Lipinski definition) is 2. The van der Waals surface area contributed by atoms with Gasteiger partial charge in [-0.1, -0.05) is 126 Å². The first-order chi connectivity index (χ1) is 25.9. The molecule has 0 unspecified atom stereocenters. The largest absolute Gasteiger partial charge is 0.355 e. The van der Waals surface area contributed by atoms with Gasteiger partial charge in [-0.25, -0.2) is 9.97 Å². The molecule has 2 N–H and O–H groups in total. The molecular formula is C44H29ClN4O4. The molecule has 2 aliphatic heterocycles. The molecule has 0 saturated heterocycles. The van der Waals surface area contributed by atoms with Crippen LogP contribution in [0.3, 0.4) is 0 Å². The Balaban J connectivity index is 1.56. The second kappa shape index (κ2) is 13.2. The van der Waals surface area contributed by atoms with Gasteiger partial charge in [0.25, 0.3) is 0 Å². The monoisotopic (exact) mass is 712 g/mol. The van der Waals surface area contributed by atoms with Crippen LogP contribution in [-0.4, -0.2) is 19.9 Å². The summed E-state index contributed by atoms with van der Waals surface area (Å²) in [5, 5.41) is 0. The maximum atomic E-state index is 12.5. The van der Waals surface area contributed by atoms with E-state index in [0.717, 1.165) is 55.8 Å². The Hall–Kier alpha value is -6.55. The van der Waals surface area contributed by atoms with Crippen LogP contribution in [0.25, 0.3) is 78.9 Å². The number of nitrogens with one attached hydrogen (secondary N) is 2. The lowest BCUT2D eigenvalue weighted by atomic mass is 9.91. The highest BCUT2D eigenvalue weighted by atomic mass is 35.7. The number of H-pyrrole nitrogens is 2. The predicted octanol–water partition coefficient (Wildman–Crippen LogP) is 7.32. The summed E-state index contributed by atoms with van der Waals surface area (Å²) in [7, 11) is -4.90. The first kappa shape index (κ1) is 32.4. The van der Waals surface area contributed by atoms with Gasteiger partial charge >= 0.3 is 5.76 Å². The number of halogens is 1. The molecule has 0 atom stereocenters. The lowest BCUT2D eigenvalue weighted by Gasteiger charge is -2.15. The van der Waals surface area contributed by atoms with Crippen LogP contribution in [0.5, 0.6) is 0 Å². The van der Waals surface area contributed by atoms with Crippen molar-refractivity contribution in [3.63, 3.8) is 0 Å². The molecule has 3 aromatic heterocycles. The molecule has 9 heteroatoms. The van der Waals surface area contributed by atoms with Crippen LogP contribution in [0.2, 0.25) is 0 Å². The fourth-order valence-corrected chi connectivity index (χ4v) is 7.36. The highest BCUT2D eigenvalue weighted by molar-refractivity contribution is 6.11. The SMILES string of the molecule is [O-][Cl+3]([O-])([O-])OC1=C(c2ccccc2)c2nc1cc1ccc(cc3nc(cc4[nH]c(c2-c2ccccc2)c(-c2ccccc2)c4-c2ccccc2)C=C3)[nH]1. The molecule has 53 heavy (non-hydrogen) atoms. The lowest BCUT2D eigenvalue weighted by molar-refractivity contribution is -1.92. The number of fused-ring (bicyclic) bond motifs is 8. The Labute approximate surface area is 306 Å². The Bertz CT molecular complexity index is 2720. The molecule has 0 aliphatic carbocycles. The summed E-state index contributed by atoms with van der Waals surface area (Å²) in [5.74, 6) is -0.175. The van der Waals surface area contributed by atoms with Crippen molar-refractivity contribution in [1.82, 2.24) is 19.9 Å². The molecule has 9 rings (SSSR count). The van der Waals surface area contributed by atoms with E-state index in [1.54, 1.807) is 6.07 Å². The average Bonchev–Trinajstić information content (AvgIpc) is 3.96. The molecule has 8 bridgehead atoms. The second-order valence-electron chi connectivity index (χ2n) is 12.6. The number of benzene rings is 4. The third kappa shape index (κ3) is 6.33. The van der Waals surface area contributed by atoms with Crippen LogP contribution in [0.15, 0.2) is 152 Å². The van der Waals surface area contributed by atoms with Crippen molar-refractivity contribution in [3.05, 3.63) is 180 Å². The highest BCUT2D eigenvalue weighted by Gasteiger charge is 2.36. The topological polar surface area (TPSA) is 136 Å². The molecule has 5 heterocycles. The van der Waals surface area contributed by atoms with E-state index in [4.69, 9.17) is 14.3 Å². The van der Waals surface area contributed by atoms with Gasteiger partial charge in [0, 0.05) is 33.2 Å². The Morgan fingerprint density at radius 1 is 0.491 bits per heavy atom. The van der Waals surface area contributed by atoms with Gasteiger partial charge in [-0.05, 0) is 64.7 Å². The van der Waals surface area contributed by atoms with E-state index in [1.165, 1.54) is 0 Å². The minimum absolute atomic E-state index is 0.163. The lowest BCUT2D eigenvalue weighted by Crippen LogP contribution is -2.60. The molecule has 7 aromatic rings. The zero-order valence-electron chi connectivity index (χ0n) is 28.0. The third-order valence-electron chi connectivity index (χ3n) is 9.17. The maximum Gasteiger partial charge on any atom is 0.323 e. The fourth-order valence-electron chi connectivity index (χ4n) is 7.01.